The van der Waals surface area contributed by atoms with E-state index in [9.17, 15) is 14.7 Å². The maximum absolute atomic E-state index is 14.6. The Morgan fingerprint density at radius 2 is 1.80 bits per heavy atom. The van der Waals surface area contributed by atoms with E-state index in [4.69, 9.17) is 14.6 Å². The number of rotatable bonds is 10. The molecule has 260 valence electrons. The second-order valence-electron chi connectivity index (χ2n) is 14.1. The lowest BCUT2D eigenvalue weighted by Crippen LogP contribution is -2.51. The SMILES string of the molecule is COc1ccc([Si](C)(C)[C@H]2[C@H](CCn3cc(CCO)nn3)O[C@@]3(C(=O)N(C)c4ccc(N5N=C(c6ccccc6)CCC5=O)cc43)[C@@H]2C)cc1. The van der Waals surface area contributed by atoms with Gasteiger partial charge in [-0.15, -0.1) is 5.10 Å². The summed E-state index contributed by atoms with van der Waals surface area (Å²) in [6.45, 7) is 7.42. The van der Waals surface area contributed by atoms with Crippen LogP contribution in [0.4, 0.5) is 11.4 Å². The molecule has 0 saturated carbocycles. The lowest BCUT2D eigenvalue weighted by molar-refractivity contribution is -0.145. The van der Waals surface area contributed by atoms with E-state index in [0.717, 1.165) is 34.0 Å². The molecular weight excluding hydrogens is 649 g/mol. The number of hydrogen-bond acceptors (Lipinski definition) is 8. The summed E-state index contributed by atoms with van der Waals surface area (Å²) < 4.78 is 14.5. The number of hydrazone groups is 1. The van der Waals surface area contributed by atoms with Crippen LogP contribution in [0, 0.1) is 5.92 Å². The molecular formula is C38H44N6O5Si. The minimum absolute atomic E-state index is 0.00706. The number of aliphatic hydroxyl groups excluding tert-OH is 1. The fourth-order valence-electron chi connectivity index (χ4n) is 8.34. The van der Waals surface area contributed by atoms with Crippen molar-refractivity contribution in [1.82, 2.24) is 15.0 Å². The summed E-state index contributed by atoms with van der Waals surface area (Å²) in [5.74, 6) is 0.415. The predicted octanol–water partition coefficient (Wildman–Crippen LogP) is 4.64. The molecule has 0 aliphatic carbocycles. The minimum Gasteiger partial charge on any atom is -0.497 e. The predicted molar refractivity (Wildman–Crippen MR) is 195 cm³/mol. The van der Waals surface area contributed by atoms with Crippen molar-refractivity contribution in [3.63, 3.8) is 0 Å². The number of methoxy groups -OCH3 is 1. The quantitative estimate of drug-likeness (QED) is 0.241. The minimum atomic E-state index is -2.34. The van der Waals surface area contributed by atoms with Crippen molar-refractivity contribution < 1.29 is 24.2 Å². The first-order valence-corrected chi connectivity index (χ1v) is 20.4. The second-order valence-corrected chi connectivity index (χ2v) is 18.8. The Kier molecular flexibility index (Phi) is 8.95. The normalized spacial score (nSPS) is 23.5. The summed E-state index contributed by atoms with van der Waals surface area (Å²) in [5.41, 5.74) is 3.51. The van der Waals surface area contributed by atoms with Crippen molar-refractivity contribution in [2.75, 3.05) is 30.7 Å². The Morgan fingerprint density at radius 3 is 2.52 bits per heavy atom. The highest BCUT2D eigenvalue weighted by molar-refractivity contribution is 6.91. The van der Waals surface area contributed by atoms with Crippen LogP contribution >= 0.6 is 0 Å². The molecule has 4 atom stereocenters. The van der Waals surface area contributed by atoms with Crippen LogP contribution in [-0.2, 0) is 32.9 Å². The number of hydrogen-bond donors (Lipinski definition) is 1. The summed E-state index contributed by atoms with van der Waals surface area (Å²) in [4.78, 5) is 29.7. The largest absolute Gasteiger partial charge is 0.497 e. The summed E-state index contributed by atoms with van der Waals surface area (Å²) in [5, 5.41) is 25.5. The number of aryl methyl sites for hydroxylation is 1. The van der Waals surface area contributed by atoms with E-state index in [0.29, 0.717) is 37.9 Å². The molecule has 4 heterocycles. The molecule has 1 spiro atoms. The topological polar surface area (TPSA) is 122 Å². The van der Waals surface area contributed by atoms with Crippen LogP contribution in [0.3, 0.4) is 0 Å². The average molecular weight is 693 g/mol. The molecule has 7 rings (SSSR count). The Morgan fingerprint density at radius 1 is 1.04 bits per heavy atom. The zero-order chi connectivity index (χ0) is 35.2. The van der Waals surface area contributed by atoms with Gasteiger partial charge < -0.3 is 19.5 Å². The highest BCUT2D eigenvalue weighted by Gasteiger charge is 2.65. The third-order valence-corrected chi connectivity index (χ3v) is 15.3. The first kappa shape index (κ1) is 33.8. The van der Waals surface area contributed by atoms with Crippen molar-refractivity contribution in [1.29, 1.82) is 0 Å². The van der Waals surface area contributed by atoms with Gasteiger partial charge in [0.1, 0.15) is 5.75 Å². The molecule has 3 aliphatic rings. The molecule has 1 fully saturated rings. The zero-order valence-electron chi connectivity index (χ0n) is 29.2. The zero-order valence-corrected chi connectivity index (χ0v) is 30.2. The van der Waals surface area contributed by atoms with Crippen molar-refractivity contribution in [3.8, 4) is 5.75 Å². The van der Waals surface area contributed by atoms with Crippen LogP contribution in [0.25, 0.3) is 0 Å². The van der Waals surface area contributed by atoms with Crippen LogP contribution in [-0.4, -0.2) is 72.6 Å². The fourth-order valence-corrected chi connectivity index (χ4v) is 12.4. The number of likely N-dealkylation sites (N-methyl/N-ethyl adjacent to an activating group) is 1. The second kappa shape index (κ2) is 13.2. The third-order valence-electron chi connectivity index (χ3n) is 10.9. The lowest BCUT2D eigenvalue weighted by atomic mass is 9.82. The van der Waals surface area contributed by atoms with Gasteiger partial charge >= 0.3 is 0 Å². The number of carbonyl (C=O) groups is 2. The van der Waals surface area contributed by atoms with E-state index in [1.807, 2.05) is 66.9 Å². The number of aromatic nitrogens is 3. The van der Waals surface area contributed by atoms with Crippen LogP contribution in [0.15, 0.2) is 84.1 Å². The maximum atomic E-state index is 14.6. The van der Waals surface area contributed by atoms with Gasteiger partial charge in [-0.3, -0.25) is 14.3 Å². The van der Waals surface area contributed by atoms with Gasteiger partial charge in [0.25, 0.3) is 5.91 Å². The molecule has 0 unspecified atom stereocenters. The van der Waals surface area contributed by atoms with E-state index < -0.39 is 13.7 Å². The van der Waals surface area contributed by atoms with Gasteiger partial charge in [-0.2, -0.15) is 5.10 Å². The lowest BCUT2D eigenvalue weighted by Gasteiger charge is -2.37. The highest BCUT2D eigenvalue weighted by atomic mass is 28.3. The number of carbonyl (C=O) groups excluding carboxylic acids is 2. The molecule has 0 radical (unpaired) electrons. The summed E-state index contributed by atoms with van der Waals surface area (Å²) >= 11 is 0. The highest BCUT2D eigenvalue weighted by Crippen LogP contribution is 2.60. The Hall–Kier alpha value is -4.65. The van der Waals surface area contributed by atoms with Crippen molar-refractivity contribution >= 4 is 42.2 Å². The smallest absolute Gasteiger partial charge is 0.264 e. The van der Waals surface area contributed by atoms with Gasteiger partial charge in [0, 0.05) is 57.1 Å². The standard InChI is InChI=1S/C38H44N6O5Si/c1-25-36(50(4,5)30-14-12-29(48-3)13-15-30)34(19-21-43-24-27(20-22-45)39-41-43)49-38(25)31-23-28(11-17-33(31)42(2)37(38)47)44-35(46)18-16-32(40-44)26-9-7-6-8-10-26/h6-15,17,23-25,34,36,45H,16,18-22H2,1-5H3/t25-,34+,36-,38+/m1/s1. The molecule has 2 amide bonds. The first-order chi connectivity index (χ1) is 24.1. The van der Waals surface area contributed by atoms with Crippen molar-refractivity contribution in [2.24, 2.45) is 11.0 Å². The van der Waals surface area contributed by atoms with Crippen LogP contribution in [0.5, 0.6) is 5.75 Å². The van der Waals surface area contributed by atoms with Crippen LogP contribution < -0.4 is 19.8 Å². The molecule has 50 heavy (non-hydrogen) atoms. The summed E-state index contributed by atoms with van der Waals surface area (Å²) in [6.07, 6.45) is 3.56. The summed E-state index contributed by atoms with van der Waals surface area (Å²) in [7, 11) is 1.13. The van der Waals surface area contributed by atoms with Crippen LogP contribution in [0.1, 0.15) is 43.0 Å². The molecule has 1 N–H and O–H groups in total. The van der Waals surface area contributed by atoms with E-state index in [1.54, 1.807) is 23.7 Å². The number of nitrogens with zero attached hydrogens (tertiary/aromatic N) is 6. The van der Waals surface area contributed by atoms with E-state index >= 15 is 0 Å². The van der Waals surface area contributed by atoms with Gasteiger partial charge in [-0.1, -0.05) is 72.9 Å². The van der Waals surface area contributed by atoms with Crippen molar-refractivity contribution in [3.05, 3.63) is 95.8 Å². The first-order valence-electron chi connectivity index (χ1n) is 17.3. The molecule has 3 aromatic carbocycles. The van der Waals surface area contributed by atoms with E-state index in [2.05, 4.69) is 42.5 Å². The number of aliphatic hydroxyl groups is 1. The van der Waals surface area contributed by atoms with E-state index in [1.165, 1.54) is 10.2 Å². The molecule has 1 aromatic heterocycles. The number of anilines is 2. The van der Waals surface area contributed by atoms with Gasteiger partial charge in [-0.25, -0.2) is 5.01 Å². The number of benzene rings is 3. The Bertz CT molecular complexity index is 1930. The van der Waals surface area contributed by atoms with E-state index in [-0.39, 0.29) is 36.0 Å². The summed E-state index contributed by atoms with van der Waals surface area (Å²) in [6, 6.07) is 24.0. The molecule has 12 heteroatoms. The monoisotopic (exact) mass is 692 g/mol. The van der Waals surface area contributed by atoms with Gasteiger partial charge in [0.05, 0.1) is 44.1 Å². The fraction of sp³-hybridized carbons (Fsp3) is 0.395. The molecule has 3 aliphatic heterocycles. The van der Waals surface area contributed by atoms with Gasteiger partial charge in [-0.05, 0) is 47.9 Å². The van der Waals surface area contributed by atoms with Crippen molar-refractivity contribution in [2.45, 2.75) is 69.5 Å². The van der Waals surface area contributed by atoms with Gasteiger partial charge in [0.2, 0.25) is 5.91 Å². The molecule has 11 nitrogen and oxygen atoms in total. The Balaban J connectivity index is 1.30. The Labute approximate surface area is 293 Å². The average Bonchev–Trinajstić information content (AvgIpc) is 3.77. The number of ether oxygens (including phenoxy) is 2. The number of amides is 2. The molecule has 0 bridgehead atoms. The van der Waals surface area contributed by atoms with Gasteiger partial charge in [0.15, 0.2) is 5.60 Å². The maximum Gasteiger partial charge on any atom is 0.264 e. The molecule has 1 saturated heterocycles. The number of fused-ring (bicyclic) bond motifs is 2. The third kappa shape index (κ3) is 5.64. The van der Waals surface area contributed by atoms with Crippen LogP contribution in [0.2, 0.25) is 18.6 Å². The molecule has 4 aromatic rings.